The largest absolute Gasteiger partial charge is 0.449 e. The fraction of sp³-hybridized carbons (Fsp3) is 0.783. The number of ether oxygens (including phenoxy) is 1. The Morgan fingerprint density at radius 2 is 1.88 bits per heavy atom. The molecular weight excluding hydrogens is 434 g/mol. The van der Waals surface area contributed by atoms with Crippen LogP contribution in [0, 0.1) is 11.8 Å². The quantitative estimate of drug-likeness (QED) is 0.224. The average Bonchev–Trinajstić information content (AvgIpc) is 2.93. The van der Waals surface area contributed by atoms with Gasteiger partial charge in [-0.15, -0.1) is 0 Å². The van der Waals surface area contributed by atoms with Gasteiger partial charge < -0.3 is 20.1 Å². The van der Waals surface area contributed by atoms with Crippen LogP contribution >= 0.6 is 0 Å². The maximum atomic E-state index is 11.2. The van der Waals surface area contributed by atoms with E-state index in [0.29, 0.717) is 25.7 Å². The van der Waals surface area contributed by atoms with Crippen molar-refractivity contribution >= 4 is 16.1 Å². The third-order valence-electron chi connectivity index (χ3n) is 5.72. The minimum Gasteiger partial charge on any atom is -0.449 e. The lowest BCUT2D eigenvalue weighted by molar-refractivity contribution is 0.0953. The van der Waals surface area contributed by atoms with Crippen molar-refractivity contribution in [2.24, 2.45) is 11.8 Å². The first-order valence-corrected chi connectivity index (χ1v) is 13.4. The van der Waals surface area contributed by atoms with E-state index >= 15 is 0 Å². The molecule has 1 aliphatic rings. The summed E-state index contributed by atoms with van der Waals surface area (Å²) >= 11 is 0. The van der Waals surface area contributed by atoms with Crippen molar-refractivity contribution in [3.63, 3.8) is 0 Å². The number of sulfonamides is 1. The zero-order valence-corrected chi connectivity index (χ0v) is 20.4. The molecule has 0 spiro atoms. The summed E-state index contributed by atoms with van der Waals surface area (Å²) in [6.07, 6.45) is 13.2. The van der Waals surface area contributed by atoms with Gasteiger partial charge in [-0.2, -0.15) is 0 Å². The standard InChI is InChI=1S/C23H41NO7S/c1-4-5-10-14-23(2,28)15-13-19-18(20(25)17-21(19)26)12-9-7-6-8-11-16-31-22(27)24-32(3,29)30/h7,9,13,15,18-21,25-26,28H,4-6,8,10-12,14,16-17H2,1-3H3,(H,24,27)/b9-7-,15-13+/t18-,19-,20+,21-,23+/m1/s1. The topological polar surface area (TPSA) is 133 Å². The highest BCUT2D eigenvalue weighted by Gasteiger charge is 2.39. The maximum absolute atomic E-state index is 11.2. The first kappa shape index (κ1) is 28.6. The van der Waals surface area contributed by atoms with Crippen molar-refractivity contribution in [3.8, 4) is 0 Å². The van der Waals surface area contributed by atoms with Gasteiger partial charge in [-0.1, -0.05) is 50.5 Å². The van der Waals surface area contributed by atoms with Gasteiger partial charge in [-0.25, -0.2) is 17.9 Å². The first-order valence-electron chi connectivity index (χ1n) is 11.5. The van der Waals surface area contributed by atoms with Crippen molar-refractivity contribution in [1.29, 1.82) is 0 Å². The highest BCUT2D eigenvalue weighted by Crippen LogP contribution is 2.37. The molecule has 1 aliphatic carbocycles. The van der Waals surface area contributed by atoms with Gasteiger partial charge in [0.1, 0.15) is 0 Å². The van der Waals surface area contributed by atoms with E-state index in [1.165, 1.54) is 0 Å². The van der Waals surface area contributed by atoms with Gasteiger partial charge >= 0.3 is 6.09 Å². The van der Waals surface area contributed by atoms with Crippen molar-refractivity contribution in [3.05, 3.63) is 24.3 Å². The van der Waals surface area contributed by atoms with Crippen LogP contribution in [0.3, 0.4) is 0 Å². The Kier molecular flexibility index (Phi) is 12.5. The molecule has 0 aromatic heterocycles. The molecule has 0 heterocycles. The number of carbonyl (C=O) groups is 1. The summed E-state index contributed by atoms with van der Waals surface area (Å²) in [4.78, 5) is 11.2. The number of allylic oxidation sites excluding steroid dienone is 2. The van der Waals surface area contributed by atoms with Gasteiger partial charge in [0.05, 0.1) is 30.7 Å². The molecule has 1 saturated carbocycles. The Balaban J connectivity index is 2.40. The lowest BCUT2D eigenvalue weighted by Crippen LogP contribution is -2.30. The zero-order valence-electron chi connectivity index (χ0n) is 19.6. The van der Waals surface area contributed by atoms with Gasteiger partial charge in [0.2, 0.25) is 10.0 Å². The molecule has 32 heavy (non-hydrogen) atoms. The molecule has 0 aromatic rings. The normalized spacial score (nSPS) is 25.9. The number of nitrogens with one attached hydrogen (secondary N) is 1. The molecule has 0 saturated heterocycles. The lowest BCUT2D eigenvalue weighted by atomic mass is 9.88. The van der Waals surface area contributed by atoms with Crippen LogP contribution in [0.4, 0.5) is 4.79 Å². The Hall–Kier alpha value is -1.42. The summed E-state index contributed by atoms with van der Waals surface area (Å²) < 4.78 is 28.3. The summed E-state index contributed by atoms with van der Waals surface area (Å²) in [5.41, 5.74) is -0.914. The van der Waals surface area contributed by atoms with E-state index in [1.54, 1.807) is 17.7 Å². The smallest absolute Gasteiger partial charge is 0.420 e. The number of hydrogen-bond donors (Lipinski definition) is 4. The summed E-state index contributed by atoms with van der Waals surface area (Å²) in [5, 5.41) is 31.2. The molecule has 0 unspecified atom stereocenters. The Morgan fingerprint density at radius 1 is 1.16 bits per heavy atom. The van der Waals surface area contributed by atoms with Crippen LogP contribution in [0.2, 0.25) is 0 Å². The summed E-state index contributed by atoms with van der Waals surface area (Å²) in [6, 6.07) is 0. The summed E-state index contributed by atoms with van der Waals surface area (Å²) in [6.45, 7) is 4.03. The van der Waals surface area contributed by atoms with Crippen LogP contribution in [-0.2, 0) is 14.8 Å². The molecule has 1 fully saturated rings. The van der Waals surface area contributed by atoms with Crippen LogP contribution in [-0.4, -0.2) is 60.5 Å². The van der Waals surface area contributed by atoms with E-state index in [0.717, 1.165) is 38.4 Å². The molecule has 9 heteroatoms. The monoisotopic (exact) mass is 475 g/mol. The second-order valence-electron chi connectivity index (χ2n) is 9.00. The SMILES string of the molecule is CCCCC[C@](C)(O)/C=C/[C@@H]1[C@@H](C/C=C\CCCCOC(=O)NS(C)(=O)=O)[C@@H](O)C[C@H]1O. The van der Waals surface area contributed by atoms with Crippen LogP contribution in [0.25, 0.3) is 0 Å². The van der Waals surface area contributed by atoms with E-state index in [-0.39, 0.29) is 18.4 Å². The molecule has 0 aliphatic heterocycles. The molecule has 5 atom stereocenters. The van der Waals surface area contributed by atoms with Gasteiger partial charge in [-0.05, 0) is 44.9 Å². The van der Waals surface area contributed by atoms with Gasteiger partial charge in [-0.3, -0.25) is 0 Å². The Labute approximate surface area is 192 Å². The van der Waals surface area contributed by atoms with Crippen molar-refractivity contribution < 1.29 is 33.3 Å². The second kappa shape index (κ2) is 14.0. The fourth-order valence-electron chi connectivity index (χ4n) is 3.92. The first-order chi connectivity index (χ1) is 14.9. The van der Waals surface area contributed by atoms with Crippen LogP contribution < -0.4 is 4.72 Å². The minimum atomic E-state index is -3.61. The molecule has 186 valence electrons. The molecule has 8 nitrogen and oxygen atoms in total. The number of unbranched alkanes of at least 4 members (excludes halogenated alkanes) is 4. The van der Waals surface area contributed by atoms with Gasteiger partial charge in [0.25, 0.3) is 0 Å². The van der Waals surface area contributed by atoms with E-state index in [1.807, 2.05) is 18.2 Å². The van der Waals surface area contributed by atoms with Crippen LogP contribution in [0.1, 0.15) is 71.6 Å². The van der Waals surface area contributed by atoms with Crippen LogP contribution in [0.15, 0.2) is 24.3 Å². The third kappa shape index (κ3) is 12.0. The number of amides is 1. The Morgan fingerprint density at radius 3 is 2.53 bits per heavy atom. The number of rotatable bonds is 14. The molecule has 1 rings (SSSR count). The predicted octanol–water partition coefficient (Wildman–Crippen LogP) is 3.03. The summed E-state index contributed by atoms with van der Waals surface area (Å²) in [7, 11) is -3.61. The summed E-state index contributed by atoms with van der Waals surface area (Å²) in [5.74, 6) is -0.305. The zero-order chi connectivity index (χ0) is 24.2. The molecule has 0 bridgehead atoms. The second-order valence-corrected chi connectivity index (χ2v) is 10.7. The number of carbonyl (C=O) groups excluding carboxylic acids is 1. The van der Waals surface area contributed by atoms with E-state index < -0.39 is 33.9 Å². The van der Waals surface area contributed by atoms with Gasteiger partial charge in [0, 0.05) is 12.3 Å². The number of hydrogen-bond acceptors (Lipinski definition) is 7. The Bertz CT molecular complexity index is 718. The van der Waals surface area contributed by atoms with Gasteiger partial charge in [0.15, 0.2) is 0 Å². The third-order valence-corrected chi connectivity index (χ3v) is 6.26. The highest BCUT2D eigenvalue weighted by molar-refractivity contribution is 7.89. The predicted molar refractivity (Wildman–Crippen MR) is 124 cm³/mol. The molecule has 4 N–H and O–H groups in total. The molecule has 0 aromatic carbocycles. The van der Waals surface area contributed by atoms with Crippen molar-refractivity contribution in [1.82, 2.24) is 4.72 Å². The number of aliphatic hydroxyl groups excluding tert-OH is 2. The lowest BCUT2D eigenvalue weighted by Gasteiger charge is -2.23. The van der Waals surface area contributed by atoms with Crippen molar-refractivity contribution in [2.45, 2.75) is 89.4 Å². The molecule has 1 amide bonds. The van der Waals surface area contributed by atoms with Crippen molar-refractivity contribution in [2.75, 3.05) is 12.9 Å². The van der Waals surface area contributed by atoms with E-state index in [9.17, 15) is 28.5 Å². The maximum Gasteiger partial charge on any atom is 0.420 e. The number of aliphatic hydroxyl groups is 3. The van der Waals surface area contributed by atoms with E-state index in [4.69, 9.17) is 4.74 Å². The van der Waals surface area contributed by atoms with E-state index in [2.05, 4.69) is 6.92 Å². The minimum absolute atomic E-state index is 0.105. The average molecular weight is 476 g/mol. The fourth-order valence-corrected chi connectivity index (χ4v) is 4.28. The molecular formula is C23H41NO7S. The highest BCUT2D eigenvalue weighted by atomic mass is 32.2. The molecule has 0 radical (unpaired) electrons. The van der Waals surface area contributed by atoms with Crippen LogP contribution in [0.5, 0.6) is 0 Å².